The third-order valence-electron chi connectivity index (χ3n) is 3.00. The molecule has 0 aliphatic carbocycles. The van der Waals surface area contributed by atoms with Gasteiger partial charge in [-0.25, -0.2) is 4.79 Å². The molecule has 0 spiro atoms. The Morgan fingerprint density at radius 1 is 1.29 bits per heavy atom. The van der Waals surface area contributed by atoms with Crippen LogP contribution in [0.3, 0.4) is 0 Å². The molecule has 5 nitrogen and oxygen atoms in total. The fourth-order valence-electron chi connectivity index (χ4n) is 1.91. The van der Waals surface area contributed by atoms with Crippen molar-refractivity contribution < 1.29 is 14.7 Å². The Morgan fingerprint density at radius 3 is 2.47 bits per heavy atom. The molecule has 0 radical (unpaired) electrons. The summed E-state index contributed by atoms with van der Waals surface area (Å²) >= 11 is 2.32. The van der Waals surface area contributed by atoms with Gasteiger partial charge in [-0.05, 0) is 30.1 Å². The largest absolute Gasteiger partial charge is 0.465 e. The van der Waals surface area contributed by atoms with E-state index in [0.717, 1.165) is 23.8 Å². The number of rotatable bonds is 5. The van der Waals surface area contributed by atoms with E-state index in [9.17, 15) is 9.59 Å². The molecule has 0 aromatic rings. The van der Waals surface area contributed by atoms with Gasteiger partial charge in [0.15, 0.2) is 0 Å². The molecule has 2 amide bonds. The Morgan fingerprint density at radius 2 is 1.94 bits per heavy atom. The molecule has 6 heteroatoms. The second-order valence-corrected chi connectivity index (χ2v) is 5.31. The number of carbonyl (C=O) groups excluding carboxylic acids is 1. The van der Waals surface area contributed by atoms with Gasteiger partial charge in [-0.3, -0.25) is 4.79 Å². The number of likely N-dealkylation sites (tertiary alicyclic amines) is 1. The summed E-state index contributed by atoms with van der Waals surface area (Å²) in [4.78, 5) is 23.8. The quantitative estimate of drug-likeness (QED) is 0.449. The smallest absolute Gasteiger partial charge is 0.407 e. The molecule has 1 aliphatic heterocycles. The van der Waals surface area contributed by atoms with Crippen molar-refractivity contribution in [2.75, 3.05) is 24.1 Å². The summed E-state index contributed by atoms with van der Waals surface area (Å²) in [5.41, 5.74) is 0. The van der Waals surface area contributed by atoms with Crippen molar-refractivity contribution in [3.8, 4) is 0 Å². The molecule has 1 saturated heterocycles. The SMILES string of the molecule is O=C(NCCCCI)C1CCN(C(=O)O)CC1. The number of amides is 2. The zero-order chi connectivity index (χ0) is 12.7. The van der Waals surface area contributed by atoms with Gasteiger partial charge >= 0.3 is 6.09 Å². The van der Waals surface area contributed by atoms with Crippen molar-refractivity contribution >= 4 is 34.6 Å². The predicted molar refractivity (Wildman–Crippen MR) is 73.5 cm³/mol. The number of piperidine rings is 1. The van der Waals surface area contributed by atoms with Gasteiger partial charge in [-0.2, -0.15) is 0 Å². The zero-order valence-corrected chi connectivity index (χ0v) is 12.0. The van der Waals surface area contributed by atoms with Crippen LogP contribution >= 0.6 is 22.6 Å². The summed E-state index contributed by atoms with van der Waals surface area (Å²) in [5, 5.41) is 11.7. The standard InChI is InChI=1S/C11H19IN2O3/c12-5-1-2-6-13-10(15)9-3-7-14(8-4-9)11(16)17/h9H,1-8H2,(H,13,15)(H,16,17). The highest BCUT2D eigenvalue weighted by Gasteiger charge is 2.26. The van der Waals surface area contributed by atoms with Gasteiger partial charge in [-0.15, -0.1) is 0 Å². The van der Waals surface area contributed by atoms with E-state index in [1.807, 2.05) is 0 Å². The minimum atomic E-state index is -0.883. The molecule has 17 heavy (non-hydrogen) atoms. The van der Waals surface area contributed by atoms with Crippen LogP contribution in [0.25, 0.3) is 0 Å². The number of carbonyl (C=O) groups is 2. The summed E-state index contributed by atoms with van der Waals surface area (Å²) in [6.07, 6.45) is 2.54. The number of halogens is 1. The maximum Gasteiger partial charge on any atom is 0.407 e. The lowest BCUT2D eigenvalue weighted by Crippen LogP contribution is -2.42. The van der Waals surface area contributed by atoms with Crippen molar-refractivity contribution in [2.24, 2.45) is 5.92 Å². The van der Waals surface area contributed by atoms with Gasteiger partial charge < -0.3 is 15.3 Å². The van der Waals surface area contributed by atoms with Crippen molar-refractivity contribution in [3.63, 3.8) is 0 Å². The van der Waals surface area contributed by atoms with Gasteiger partial charge in [0.1, 0.15) is 0 Å². The second-order valence-electron chi connectivity index (χ2n) is 4.23. The van der Waals surface area contributed by atoms with Crippen LogP contribution in [0.5, 0.6) is 0 Å². The number of alkyl halides is 1. The number of unbranched alkanes of at least 4 members (excludes halogenated alkanes) is 1. The molecule has 98 valence electrons. The van der Waals surface area contributed by atoms with Crippen LogP contribution in [0.2, 0.25) is 0 Å². The summed E-state index contributed by atoms with van der Waals surface area (Å²) in [6.45, 7) is 1.68. The lowest BCUT2D eigenvalue weighted by atomic mass is 9.96. The average Bonchev–Trinajstić information content (AvgIpc) is 2.34. The Kier molecular flexibility index (Phi) is 6.61. The first-order chi connectivity index (χ1) is 8.15. The maximum atomic E-state index is 11.8. The first-order valence-corrected chi connectivity index (χ1v) is 7.49. The van der Waals surface area contributed by atoms with Crippen LogP contribution in [0.4, 0.5) is 4.79 Å². The molecule has 0 aromatic carbocycles. The molecule has 1 fully saturated rings. The molecular formula is C11H19IN2O3. The van der Waals surface area contributed by atoms with E-state index < -0.39 is 6.09 Å². The molecule has 0 saturated carbocycles. The van der Waals surface area contributed by atoms with Gasteiger partial charge in [0.05, 0.1) is 0 Å². The van der Waals surface area contributed by atoms with Gasteiger partial charge in [0.25, 0.3) is 0 Å². The molecule has 0 bridgehead atoms. The van der Waals surface area contributed by atoms with E-state index in [0.29, 0.717) is 25.9 Å². The fraction of sp³-hybridized carbons (Fsp3) is 0.818. The Labute approximate surface area is 115 Å². The normalized spacial score (nSPS) is 16.9. The lowest BCUT2D eigenvalue weighted by molar-refractivity contribution is -0.126. The topological polar surface area (TPSA) is 69.6 Å². The number of hydrogen-bond donors (Lipinski definition) is 2. The maximum absolute atomic E-state index is 11.8. The van der Waals surface area contributed by atoms with Gasteiger partial charge in [-0.1, -0.05) is 22.6 Å². The van der Waals surface area contributed by atoms with Crippen LogP contribution in [-0.4, -0.2) is 46.1 Å². The van der Waals surface area contributed by atoms with Crippen LogP contribution in [0.1, 0.15) is 25.7 Å². The second kappa shape index (κ2) is 7.73. The highest BCUT2D eigenvalue weighted by Crippen LogP contribution is 2.17. The Bertz CT molecular complexity index is 265. The number of carboxylic acid groups (broad SMARTS) is 1. The molecule has 1 heterocycles. The molecule has 0 aromatic heterocycles. The summed E-state index contributed by atoms with van der Waals surface area (Å²) < 4.78 is 1.12. The number of nitrogens with zero attached hydrogens (tertiary/aromatic N) is 1. The van der Waals surface area contributed by atoms with Crippen molar-refractivity contribution in [2.45, 2.75) is 25.7 Å². The zero-order valence-electron chi connectivity index (χ0n) is 9.82. The predicted octanol–water partition coefficient (Wildman–Crippen LogP) is 1.71. The van der Waals surface area contributed by atoms with E-state index in [-0.39, 0.29) is 11.8 Å². The van der Waals surface area contributed by atoms with Gasteiger partial charge in [0, 0.05) is 25.6 Å². The van der Waals surface area contributed by atoms with Crippen molar-refractivity contribution in [1.82, 2.24) is 10.2 Å². The Balaban J connectivity index is 2.19. The highest BCUT2D eigenvalue weighted by atomic mass is 127. The summed E-state index contributed by atoms with van der Waals surface area (Å²) in [7, 11) is 0. The molecule has 1 rings (SSSR count). The third-order valence-corrected chi connectivity index (χ3v) is 3.76. The van der Waals surface area contributed by atoms with E-state index >= 15 is 0 Å². The Hall–Kier alpha value is -0.530. The molecule has 0 unspecified atom stereocenters. The summed E-state index contributed by atoms with van der Waals surface area (Å²) in [5.74, 6) is 0.0775. The fourth-order valence-corrected chi connectivity index (χ4v) is 2.45. The average molecular weight is 354 g/mol. The van der Waals surface area contributed by atoms with Crippen LogP contribution in [0, 0.1) is 5.92 Å². The summed E-state index contributed by atoms with van der Waals surface area (Å²) in [6, 6.07) is 0. The van der Waals surface area contributed by atoms with Crippen molar-refractivity contribution in [1.29, 1.82) is 0 Å². The number of hydrogen-bond acceptors (Lipinski definition) is 2. The molecule has 2 N–H and O–H groups in total. The minimum Gasteiger partial charge on any atom is -0.465 e. The van der Waals surface area contributed by atoms with E-state index in [4.69, 9.17) is 5.11 Å². The van der Waals surface area contributed by atoms with Crippen LogP contribution < -0.4 is 5.32 Å². The van der Waals surface area contributed by atoms with Gasteiger partial charge in [0.2, 0.25) is 5.91 Å². The van der Waals surface area contributed by atoms with Crippen LogP contribution in [-0.2, 0) is 4.79 Å². The lowest BCUT2D eigenvalue weighted by Gasteiger charge is -2.29. The van der Waals surface area contributed by atoms with E-state index in [1.54, 1.807) is 0 Å². The first kappa shape index (κ1) is 14.5. The van der Waals surface area contributed by atoms with E-state index in [1.165, 1.54) is 4.90 Å². The van der Waals surface area contributed by atoms with Crippen LogP contribution in [0.15, 0.2) is 0 Å². The minimum absolute atomic E-state index is 0.00907. The third kappa shape index (κ3) is 5.10. The van der Waals surface area contributed by atoms with Crippen molar-refractivity contribution in [3.05, 3.63) is 0 Å². The molecule has 1 aliphatic rings. The molecular weight excluding hydrogens is 335 g/mol. The van der Waals surface area contributed by atoms with E-state index in [2.05, 4.69) is 27.9 Å². The number of nitrogens with one attached hydrogen (secondary N) is 1. The highest BCUT2D eigenvalue weighted by molar-refractivity contribution is 14.1. The first-order valence-electron chi connectivity index (χ1n) is 5.96. The molecule has 0 atom stereocenters. The monoisotopic (exact) mass is 354 g/mol.